The first-order chi connectivity index (χ1) is 14.7. The third kappa shape index (κ3) is 9.02. The van der Waals surface area contributed by atoms with Gasteiger partial charge in [0.2, 0.25) is 0 Å². The van der Waals surface area contributed by atoms with Crippen LogP contribution in [0.3, 0.4) is 0 Å². The van der Waals surface area contributed by atoms with Crippen LogP contribution in [0.4, 0.5) is 0 Å². The molecule has 0 spiro atoms. The van der Waals surface area contributed by atoms with Gasteiger partial charge in [0.25, 0.3) is 0 Å². The summed E-state index contributed by atoms with van der Waals surface area (Å²) >= 11 is 0. The van der Waals surface area contributed by atoms with Crippen molar-refractivity contribution < 1.29 is 38.9 Å². The van der Waals surface area contributed by atoms with E-state index in [1.165, 1.54) is 6.07 Å². The average molecular weight is 434 g/mol. The molecule has 31 heavy (non-hydrogen) atoms. The molecule has 0 saturated carbocycles. The molecule has 8 nitrogen and oxygen atoms in total. The van der Waals surface area contributed by atoms with Crippen LogP contribution in [0.25, 0.3) is 0 Å². The van der Waals surface area contributed by atoms with Gasteiger partial charge in [-0.1, -0.05) is 32.8 Å². The van der Waals surface area contributed by atoms with Crippen molar-refractivity contribution in [3.05, 3.63) is 47.0 Å². The Morgan fingerprint density at radius 2 is 1.61 bits per heavy atom. The fourth-order valence-electron chi connectivity index (χ4n) is 2.91. The SMILES string of the molecule is C=C(C)C(=O)OC(CCCCCC)CCCOC(=O)c1ccc(C(=O)O)c(C(=O)O)c1. The van der Waals surface area contributed by atoms with Crippen molar-refractivity contribution >= 4 is 23.9 Å². The summed E-state index contributed by atoms with van der Waals surface area (Å²) in [6.07, 6.45) is 5.56. The maximum atomic E-state index is 12.2. The van der Waals surface area contributed by atoms with Gasteiger partial charge in [-0.2, -0.15) is 0 Å². The molecule has 0 amide bonds. The molecule has 170 valence electrons. The quantitative estimate of drug-likeness (QED) is 0.249. The van der Waals surface area contributed by atoms with E-state index in [1.807, 2.05) is 0 Å². The Labute approximate surface area is 181 Å². The smallest absolute Gasteiger partial charge is 0.338 e. The van der Waals surface area contributed by atoms with Gasteiger partial charge in [0.1, 0.15) is 6.10 Å². The largest absolute Gasteiger partial charge is 0.478 e. The number of carbonyl (C=O) groups is 4. The van der Waals surface area contributed by atoms with Gasteiger partial charge < -0.3 is 19.7 Å². The summed E-state index contributed by atoms with van der Waals surface area (Å²) in [6, 6.07) is 3.26. The van der Waals surface area contributed by atoms with Gasteiger partial charge in [-0.05, 0) is 50.8 Å². The van der Waals surface area contributed by atoms with Gasteiger partial charge in [-0.25, -0.2) is 19.2 Å². The summed E-state index contributed by atoms with van der Waals surface area (Å²) in [5.74, 6) is -4.04. The second-order valence-electron chi connectivity index (χ2n) is 7.31. The van der Waals surface area contributed by atoms with Crippen molar-refractivity contribution in [2.24, 2.45) is 0 Å². The number of carboxylic acids is 2. The molecule has 0 radical (unpaired) electrons. The number of esters is 2. The molecule has 2 N–H and O–H groups in total. The normalized spacial score (nSPS) is 11.4. The van der Waals surface area contributed by atoms with Crippen LogP contribution in [0.15, 0.2) is 30.4 Å². The van der Waals surface area contributed by atoms with Crippen LogP contribution >= 0.6 is 0 Å². The summed E-state index contributed by atoms with van der Waals surface area (Å²) in [4.78, 5) is 46.4. The van der Waals surface area contributed by atoms with E-state index in [0.29, 0.717) is 24.8 Å². The Kier molecular flexibility index (Phi) is 11.0. The maximum Gasteiger partial charge on any atom is 0.338 e. The van der Waals surface area contributed by atoms with Gasteiger partial charge in [0, 0.05) is 5.57 Å². The van der Waals surface area contributed by atoms with Crippen molar-refractivity contribution in [2.45, 2.75) is 64.9 Å². The van der Waals surface area contributed by atoms with Crippen molar-refractivity contribution in [2.75, 3.05) is 6.61 Å². The fourth-order valence-corrected chi connectivity index (χ4v) is 2.91. The fraction of sp³-hybridized carbons (Fsp3) is 0.478. The van der Waals surface area contributed by atoms with E-state index >= 15 is 0 Å². The lowest BCUT2D eigenvalue weighted by Gasteiger charge is -2.18. The number of ether oxygens (including phenoxy) is 2. The van der Waals surface area contributed by atoms with E-state index < -0.39 is 35.0 Å². The summed E-state index contributed by atoms with van der Waals surface area (Å²) in [5, 5.41) is 18.2. The van der Waals surface area contributed by atoms with Crippen molar-refractivity contribution in [3.63, 3.8) is 0 Å². The molecule has 0 aliphatic carbocycles. The van der Waals surface area contributed by atoms with Crippen molar-refractivity contribution in [1.82, 2.24) is 0 Å². The third-order valence-corrected chi connectivity index (χ3v) is 4.62. The number of unbranched alkanes of at least 4 members (excludes halogenated alkanes) is 3. The highest BCUT2D eigenvalue weighted by atomic mass is 16.5. The molecule has 0 bridgehead atoms. The molecule has 1 atom stereocenters. The molecule has 1 rings (SSSR count). The van der Waals surface area contributed by atoms with Crippen LogP contribution in [-0.2, 0) is 14.3 Å². The third-order valence-electron chi connectivity index (χ3n) is 4.62. The highest BCUT2D eigenvalue weighted by Crippen LogP contribution is 2.16. The predicted molar refractivity (Wildman–Crippen MR) is 113 cm³/mol. The highest BCUT2D eigenvalue weighted by molar-refractivity contribution is 6.03. The first-order valence-electron chi connectivity index (χ1n) is 10.3. The zero-order valence-corrected chi connectivity index (χ0v) is 18.0. The van der Waals surface area contributed by atoms with Gasteiger partial charge >= 0.3 is 23.9 Å². The van der Waals surface area contributed by atoms with Crippen LogP contribution in [0.1, 0.15) is 89.9 Å². The summed E-state index contributed by atoms with van der Waals surface area (Å²) in [6.45, 7) is 7.33. The molecule has 1 aromatic rings. The molecule has 1 aromatic carbocycles. The molecule has 0 saturated heterocycles. The van der Waals surface area contributed by atoms with Gasteiger partial charge in [-0.3, -0.25) is 0 Å². The number of carboxylic acid groups (broad SMARTS) is 2. The predicted octanol–water partition coefficient (Wildman–Crippen LogP) is 4.48. The first-order valence-corrected chi connectivity index (χ1v) is 10.3. The van der Waals surface area contributed by atoms with E-state index in [4.69, 9.17) is 19.7 Å². The average Bonchev–Trinajstić information content (AvgIpc) is 2.72. The minimum Gasteiger partial charge on any atom is -0.478 e. The molecule has 1 unspecified atom stereocenters. The van der Waals surface area contributed by atoms with Crippen LogP contribution < -0.4 is 0 Å². The lowest BCUT2D eigenvalue weighted by molar-refractivity contribution is -0.145. The molecule has 0 fully saturated rings. The standard InChI is InChI=1S/C23H30O8/c1-4-5-6-7-9-17(31-22(28)15(2)3)10-8-13-30-23(29)16-11-12-18(20(24)25)19(14-16)21(26)27/h11-12,14,17H,2,4-10,13H2,1,3H3,(H,24,25)(H,26,27). The van der Waals surface area contributed by atoms with Crippen LogP contribution in [-0.4, -0.2) is 46.8 Å². The number of hydrogen-bond donors (Lipinski definition) is 2. The molecule has 0 aliphatic heterocycles. The van der Waals surface area contributed by atoms with E-state index in [0.717, 1.165) is 37.8 Å². The Balaban J connectivity index is 2.62. The first kappa shape index (κ1) is 25.9. The van der Waals surface area contributed by atoms with Crippen LogP contribution in [0, 0.1) is 0 Å². The second-order valence-corrected chi connectivity index (χ2v) is 7.31. The lowest BCUT2D eigenvalue weighted by atomic mass is 10.0. The van der Waals surface area contributed by atoms with Crippen LogP contribution in [0.5, 0.6) is 0 Å². The van der Waals surface area contributed by atoms with E-state index in [-0.39, 0.29) is 18.3 Å². The van der Waals surface area contributed by atoms with E-state index in [9.17, 15) is 19.2 Å². The van der Waals surface area contributed by atoms with E-state index in [2.05, 4.69) is 13.5 Å². The molecule has 0 heterocycles. The van der Waals surface area contributed by atoms with Gasteiger partial charge in [-0.15, -0.1) is 0 Å². The highest BCUT2D eigenvalue weighted by Gasteiger charge is 2.20. The second kappa shape index (κ2) is 13.2. The summed E-state index contributed by atoms with van der Waals surface area (Å²) in [5.41, 5.74) is -0.619. The molecule has 0 aliphatic rings. The molecular formula is C23H30O8. The lowest BCUT2D eigenvalue weighted by Crippen LogP contribution is -2.20. The number of hydrogen-bond acceptors (Lipinski definition) is 6. The topological polar surface area (TPSA) is 127 Å². The zero-order valence-electron chi connectivity index (χ0n) is 18.0. The minimum atomic E-state index is -1.45. The number of benzene rings is 1. The minimum absolute atomic E-state index is 0.0489. The zero-order chi connectivity index (χ0) is 23.4. The van der Waals surface area contributed by atoms with Crippen molar-refractivity contribution in [3.8, 4) is 0 Å². The maximum absolute atomic E-state index is 12.2. The van der Waals surface area contributed by atoms with Gasteiger partial charge in [0.15, 0.2) is 0 Å². The van der Waals surface area contributed by atoms with E-state index in [1.54, 1.807) is 6.92 Å². The summed E-state index contributed by atoms with van der Waals surface area (Å²) in [7, 11) is 0. The molecule has 8 heteroatoms. The number of carbonyl (C=O) groups excluding carboxylic acids is 2. The molecular weight excluding hydrogens is 404 g/mol. The number of rotatable bonds is 14. The van der Waals surface area contributed by atoms with Crippen molar-refractivity contribution in [1.29, 1.82) is 0 Å². The Bertz CT molecular complexity index is 812. The van der Waals surface area contributed by atoms with Crippen LogP contribution in [0.2, 0.25) is 0 Å². The molecule has 0 aromatic heterocycles. The Morgan fingerprint density at radius 1 is 0.968 bits per heavy atom. The Hall–Kier alpha value is -3.16. The summed E-state index contributed by atoms with van der Waals surface area (Å²) < 4.78 is 10.6. The monoisotopic (exact) mass is 434 g/mol. The Morgan fingerprint density at radius 3 is 2.19 bits per heavy atom. The number of aromatic carboxylic acids is 2. The van der Waals surface area contributed by atoms with Gasteiger partial charge in [0.05, 0.1) is 23.3 Å².